The Kier molecular flexibility index (Phi) is 2.80. The fourth-order valence-electron chi connectivity index (χ4n) is 2.12. The number of nitrogens with two attached hydrogens (primary N) is 1. The van der Waals surface area contributed by atoms with Crippen molar-refractivity contribution in [3.05, 3.63) is 12.2 Å². The summed E-state index contributed by atoms with van der Waals surface area (Å²) >= 11 is 0. The van der Waals surface area contributed by atoms with Gasteiger partial charge in [0, 0.05) is 25.0 Å². The van der Waals surface area contributed by atoms with Crippen molar-refractivity contribution in [1.82, 2.24) is 19.7 Å². The summed E-state index contributed by atoms with van der Waals surface area (Å²) < 4.78 is 1.91. The molecule has 2 heterocycles. The van der Waals surface area contributed by atoms with Crippen molar-refractivity contribution >= 4 is 6.03 Å². The molecule has 88 valence electrons. The molecule has 1 fully saturated rings. The van der Waals surface area contributed by atoms with E-state index in [1.54, 1.807) is 11.2 Å². The van der Waals surface area contributed by atoms with Gasteiger partial charge in [0.15, 0.2) is 0 Å². The molecular weight excluding hydrogens is 206 g/mol. The molecule has 0 aromatic carbocycles. The maximum Gasteiger partial charge on any atom is 0.314 e. The third-order valence-electron chi connectivity index (χ3n) is 2.95. The summed E-state index contributed by atoms with van der Waals surface area (Å²) in [5, 5.41) is 4.20. The van der Waals surface area contributed by atoms with Crippen LogP contribution in [0, 0.1) is 0 Å². The Labute approximate surface area is 94.4 Å². The van der Waals surface area contributed by atoms with Gasteiger partial charge in [-0.3, -0.25) is 0 Å². The highest BCUT2D eigenvalue weighted by Gasteiger charge is 2.29. The molecule has 1 aromatic rings. The van der Waals surface area contributed by atoms with Crippen LogP contribution in [-0.2, 0) is 0 Å². The number of nitrogens with zero attached hydrogens (tertiary/aromatic N) is 4. The predicted octanol–water partition coefficient (Wildman–Crippen LogP) is 0.727. The Morgan fingerprint density at radius 2 is 2.38 bits per heavy atom. The van der Waals surface area contributed by atoms with Crippen molar-refractivity contribution in [2.75, 3.05) is 13.1 Å². The van der Waals surface area contributed by atoms with E-state index in [4.69, 9.17) is 5.73 Å². The van der Waals surface area contributed by atoms with Gasteiger partial charge in [-0.1, -0.05) is 0 Å². The molecule has 6 heteroatoms. The van der Waals surface area contributed by atoms with Crippen molar-refractivity contribution in [3.8, 4) is 0 Å². The van der Waals surface area contributed by atoms with Gasteiger partial charge in [-0.15, -0.1) is 0 Å². The number of carbonyl (C=O) groups excluding carboxylic acids is 1. The predicted molar refractivity (Wildman–Crippen MR) is 58.9 cm³/mol. The van der Waals surface area contributed by atoms with E-state index >= 15 is 0 Å². The van der Waals surface area contributed by atoms with Gasteiger partial charge in [-0.05, 0) is 20.3 Å². The zero-order valence-electron chi connectivity index (χ0n) is 9.63. The second-order valence-corrected chi connectivity index (χ2v) is 4.43. The fraction of sp³-hybridized carbons (Fsp3) is 0.700. The number of aromatic nitrogens is 3. The van der Waals surface area contributed by atoms with Crippen molar-refractivity contribution in [2.24, 2.45) is 5.73 Å². The minimum atomic E-state index is -0.349. The average Bonchev–Trinajstić information content (AvgIpc) is 2.86. The minimum Gasteiger partial charge on any atom is -0.351 e. The Balaban J connectivity index is 2.14. The summed E-state index contributed by atoms with van der Waals surface area (Å²) in [6.45, 7) is 5.50. The van der Waals surface area contributed by atoms with Gasteiger partial charge in [0.25, 0.3) is 0 Å². The van der Waals surface area contributed by atoms with E-state index in [9.17, 15) is 4.79 Å². The molecule has 2 N–H and O–H groups in total. The standard InChI is InChI=1S/C10H17N5O/c1-7(2)15-9(12-6-13-15)8-3-4-14(5-8)10(11)16/h6-8H,3-5H2,1-2H3,(H2,11,16). The molecule has 0 saturated carbocycles. The maximum atomic E-state index is 11.0. The first-order chi connectivity index (χ1) is 7.59. The van der Waals surface area contributed by atoms with E-state index < -0.39 is 0 Å². The minimum absolute atomic E-state index is 0.261. The van der Waals surface area contributed by atoms with Gasteiger partial charge in [-0.2, -0.15) is 5.10 Å². The van der Waals surface area contributed by atoms with Crippen LogP contribution in [0.4, 0.5) is 4.79 Å². The number of likely N-dealkylation sites (tertiary alicyclic amines) is 1. The Morgan fingerprint density at radius 3 is 2.94 bits per heavy atom. The molecule has 16 heavy (non-hydrogen) atoms. The zero-order valence-corrected chi connectivity index (χ0v) is 9.63. The van der Waals surface area contributed by atoms with Gasteiger partial charge in [0.05, 0.1) is 0 Å². The molecule has 1 aromatic heterocycles. The number of hydrogen-bond acceptors (Lipinski definition) is 3. The van der Waals surface area contributed by atoms with E-state index in [1.807, 2.05) is 4.68 Å². The molecule has 0 spiro atoms. The SMILES string of the molecule is CC(C)n1ncnc1C1CCN(C(N)=O)C1. The molecule has 1 unspecified atom stereocenters. The molecule has 2 amide bonds. The Hall–Kier alpha value is -1.59. The van der Waals surface area contributed by atoms with Crippen LogP contribution in [0.25, 0.3) is 0 Å². The first-order valence-corrected chi connectivity index (χ1v) is 5.53. The summed E-state index contributed by atoms with van der Waals surface area (Å²) in [7, 11) is 0. The van der Waals surface area contributed by atoms with E-state index in [0.717, 1.165) is 12.2 Å². The molecule has 0 bridgehead atoms. The lowest BCUT2D eigenvalue weighted by molar-refractivity contribution is 0.218. The number of hydrogen-bond donors (Lipinski definition) is 1. The number of carbonyl (C=O) groups is 1. The van der Waals surface area contributed by atoms with E-state index in [2.05, 4.69) is 23.9 Å². The molecular formula is C10H17N5O. The van der Waals surface area contributed by atoms with Crippen LogP contribution in [0.3, 0.4) is 0 Å². The summed E-state index contributed by atoms with van der Waals surface area (Å²) in [4.78, 5) is 17.0. The summed E-state index contributed by atoms with van der Waals surface area (Å²) in [6.07, 6.45) is 2.48. The van der Waals surface area contributed by atoms with E-state index in [0.29, 0.717) is 19.1 Å². The normalized spacial score (nSPS) is 20.7. The van der Waals surface area contributed by atoms with Crippen LogP contribution in [0.1, 0.15) is 38.1 Å². The molecule has 1 atom stereocenters. The highest BCUT2D eigenvalue weighted by molar-refractivity contribution is 5.72. The topological polar surface area (TPSA) is 77.0 Å². The van der Waals surface area contributed by atoms with Crippen molar-refractivity contribution in [3.63, 3.8) is 0 Å². The average molecular weight is 223 g/mol. The van der Waals surface area contributed by atoms with Crippen molar-refractivity contribution in [1.29, 1.82) is 0 Å². The van der Waals surface area contributed by atoms with Gasteiger partial charge in [-0.25, -0.2) is 14.5 Å². The van der Waals surface area contributed by atoms with Crippen molar-refractivity contribution < 1.29 is 4.79 Å². The van der Waals surface area contributed by atoms with Crippen LogP contribution in [0.2, 0.25) is 0 Å². The number of urea groups is 1. The lowest BCUT2D eigenvalue weighted by Crippen LogP contribution is -2.33. The second kappa shape index (κ2) is 4.11. The molecule has 6 nitrogen and oxygen atoms in total. The molecule has 1 aliphatic heterocycles. The first kappa shape index (κ1) is 10.9. The van der Waals surface area contributed by atoms with Gasteiger partial charge in [0.2, 0.25) is 0 Å². The number of rotatable bonds is 2. The van der Waals surface area contributed by atoms with Gasteiger partial charge in [0.1, 0.15) is 12.2 Å². The highest BCUT2D eigenvalue weighted by atomic mass is 16.2. The van der Waals surface area contributed by atoms with E-state index in [-0.39, 0.29) is 11.9 Å². The molecule has 0 radical (unpaired) electrons. The Morgan fingerprint density at radius 1 is 1.62 bits per heavy atom. The van der Waals surface area contributed by atoms with E-state index in [1.165, 1.54) is 0 Å². The smallest absolute Gasteiger partial charge is 0.314 e. The molecule has 1 saturated heterocycles. The summed E-state index contributed by atoms with van der Waals surface area (Å²) in [5.41, 5.74) is 5.26. The van der Waals surface area contributed by atoms with Crippen LogP contribution >= 0.6 is 0 Å². The van der Waals surface area contributed by atoms with Crippen LogP contribution in [0.15, 0.2) is 6.33 Å². The lowest BCUT2D eigenvalue weighted by Gasteiger charge is -2.15. The van der Waals surface area contributed by atoms with Crippen LogP contribution in [0.5, 0.6) is 0 Å². The fourth-order valence-corrected chi connectivity index (χ4v) is 2.12. The largest absolute Gasteiger partial charge is 0.351 e. The zero-order chi connectivity index (χ0) is 11.7. The Bertz CT molecular complexity index is 386. The van der Waals surface area contributed by atoms with Crippen molar-refractivity contribution in [2.45, 2.75) is 32.2 Å². The van der Waals surface area contributed by atoms with Crippen LogP contribution < -0.4 is 5.73 Å². The van der Waals surface area contributed by atoms with Crippen LogP contribution in [-0.4, -0.2) is 38.8 Å². The third kappa shape index (κ3) is 1.87. The quantitative estimate of drug-likeness (QED) is 0.802. The highest BCUT2D eigenvalue weighted by Crippen LogP contribution is 2.26. The summed E-state index contributed by atoms with van der Waals surface area (Å²) in [6, 6.07) is -0.0572. The maximum absolute atomic E-state index is 11.0. The second-order valence-electron chi connectivity index (χ2n) is 4.43. The van der Waals surface area contributed by atoms with Gasteiger partial charge >= 0.3 is 6.03 Å². The lowest BCUT2D eigenvalue weighted by atomic mass is 10.1. The summed E-state index contributed by atoms with van der Waals surface area (Å²) in [5.74, 6) is 1.22. The number of primary amides is 1. The molecule has 2 rings (SSSR count). The third-order valence-corrected chi connectivity index (χ3v) is 2.95. The monoisotopic (exact) mass is 223 g/mol. The first-order valence-electron chi connectivity index (χ1n) is 5.53. The number of amides is 2. The molecule has 1 aliphatic rings. The molecule has 0 aliphatic carbocycles. The van der Waals surface area contributed by atoms with Gasteiger partial charge < -0.3 is 10.6 Å².